The molecule has 5 heteroatoms. The second-order valence-corrected chi connectivity index (χ2v) is 4.67. The third kappa shape index (κ3) is 2.00. The summed E-state index contributed by atoms with van der Waals surface area (Å²) in [6.07, 6.45) is 0. The Morgan fingerprint density at radius 1 is 1.38 bits per heavy atom. The molecule has 2 rings (SSSR count). The monoisotopic (exact) mass is 299 g/mol. The van der Waals surface area contributed by atoms with E-state index in [-0.39, 0.29) is 0 Å². The number of hydrogen-bond donors (Lipinski definition) is 1. The summed E-state index contributed by atoms with van der Waals surface area (Å²) < 4.78 is 2.73. The number of hydrogen-bond acceptors (Lipinski definition) is 2. The van der Waals surface area contributed by atoms with Crippen molar-refractivity contribution in [3.05, 3.63) is 39.5 Å². The molecule has 0 unspecified atom stereocenters. The number of nitrogens with two attached hydrogens (primary N) is 1. The zero-order valence-electron chi connectivity index (χ0n) is 8.74. The van der Waals surface area contributed by atoms with E-state index in [0.29, 0.717) is 6.54 Å². The largest absolute Gasteiger partial charge is 0.325 e. The van der Waals surface area contributed by atoms with Crippen LogP contribution in [0.3, 0.4) is 0 Å². The highest BCUT2D eigenvalue weighted by atomic mass is 79.9. The molecule has 1 aromatic heterocycles. The Morgan fingerprint density at radius 3 is 2.50 bits per heavy atom. The van der Waals surface area contributed by atoms with E-state index in [2.05, 4.69) is 21.0 Å². The van der Waals surface area contributed by atoms with E-state index < -0.39 is 0 Å². The molecule has 0 bridgehead atoms. The minimum Gasteiger partial charge on any atom is -0.325 e. The SMILES string of the molecule is Cn1nc(-c2ccc(Cl)cc2)c(Br)c1CN. The summed E-state index contributed by atoms with van der Waals surface area (Å²) in [4.78, 5) is 0. The molecule has 0 atom stereocenters. The highest BCUT2D eigenvalue weighted by Gasteiger charge is 2.13. The van der Waals surface area contributed by atoms with Gasteiger partial charge in [0.2, 0.25) is 0 Å². The van der Waals surface area contributed by atoms with Crippen molar-refractivity contribution in [3.8, 4) is 11.3 Å². The third-order valence-electron chi connectivity index (χ3n) is 2.41. The van der Waals surface area contributed by atoms with Crippen molar-refractivity contribution in [2.75, 3.05) is 0 Å². The maximum absolute atomic E-state index is 5.85. The summed E-state index contributed by atoms with van der Waals surface area (Å²) in [6.45, 7) is 0.456. The van der Waals surface area contributed by atoms with E-state index in [1.54, 1.807) is 4.68 Å². The van der Waals surface area contributed by atoms with E-state index in [9.17, 15) is 0 Å². The Bertz CT molecular complexity index is 505. The van der Waals surface area contributed by atoms with Crippen molar-refractivity contribution in [3.63, 3.8) is 0 Å². The van der Waals surface area contributed by atoms with Crippen LogP contribution in [-0.2, 0) is 13.6 Å². The van der Waals surface area contributed by atoms with Gasteiger partial charge in [0.05, 0.1) is 10.2 Å². The van der Waals surface area contributed by atoms with E-state index in [1.165, 1.54) is 0 Å². The highest BCUT2D eigenvalue weighted by molar-refractivity contribution is 9.10. The molecule has 0 spiro atoms. The fraction of sp³-hybridized carbons (Fsp3) is 0.182. The predicted octanol–water partition coefficient (Wildman–Crippen LogP) is 2.96. The van der Waals surface area contributed by atoms with Crippen molar-refractivity contribution >= 4 is 27.5 Å². The van der Waals surface area contributed by atoms with Gasteiger partial charge in [-0.25, -0.2) is 0 Å². The minimum atomic E-state index is 0.456. The minimum absolute atomic E-state index is 0.456. The molecule has 3 nitrogen and oxygen atoms in total. The van der Waals surface area contributed by atoms with Crippen LogP contribution in [0.5, 0.6) is 0 Å². The molecule has 0 saturated carbocycles. The summed E-state index contributed by atoms with van der Waals surface area (Å²) in [7, 11) is 1.88. The number of halogens is 2. The maximum Gasteiger partial charge on any atom is 0.107 e. The number of nitrogens with zero attached hydrogens (tertiary/aromatic N) is 2. The van der Waals surface area contributed by atoms with E-state index >= 15 is 0 Å². The van der Waals surface area contributed by atoms with Crippen LogP contribution in [0.4, 0.5) is 0 Å². The molecule has 0 radical (unpaired) electrons. The molecule has 2 N–H and O–H groups in total. The topological polar surface area (TPSA) is 43.8 Å². The molecule has 1 heterocycles. The van der Waals surface area contributed by atoms with Gasteiger partial charge in [-0.3, -0.25) is 4.68 Å². The second kappa shape index (κ2) is 4.57. The molecule has 0 saturated heterocycles. The Labute approximate surface area is 107 Å². The van der Waals surface area contributed by atoms with Crippen molar-refractivity contribution in [1.82, 2.24) is 9.78 Å². The van der Waals surface area contributed by atoms with Crippen molar-refractivity contribution in [1.29, 1.82) is 0 Å². The van der Waals surface area contributed by atoms with Gasteiger partial charge in [-0.2, -0.15) is 5.10 Å². The maximum atomic E-state index is 5.85. The Kier molecular flexibility index (Phi) is 3.33. The average Bonchev–Trinajstić information content (AvgIpc) is 2.55. The molecule has 2 aromatic rings. The zero-order valence-corrected chi connectivity index (χ0v) is 11.1. The molecule has 0 aliphatic carbocycles. The zero-order chi connectivity index (χ0) is 11.7. The summed E-state index contributed by atoms with van der Waals surface area (Å²) in [5, 5.41) is 5.15. The van der Waals surface area contributed by atoms with Crippen LogP contribution >= 0.6 is 27.5 Å². The lowest BCUT2D eigenvalue weighted by molar-refractivity contribution is 0.713. The van der Waals surface area contributed by atoms with E-state index in [0.717, 1.165) is 26.4 Å². The van der Waals surface area contributed by atoms with Crippen LogP contribution in [-0.4, -0.2) is 9.78 Å². The van der Waals surface area contributed by atoms with Crippen LogP contribution in [0.2, 0.25) is 5.02 Å². The first-order valence-electron chi connectivity index (χ1n) is 4.81. The second-order valence-electron chi connectivity index (χ2n) is 3.44. The van der Waals surface area contributed by atoms with Crippen molar-refractivity contribution < 1.29 is 0 Å². The molecule has 0 aliphatic heterocycles. The van der Waals surface area contributed by atoms with Gasteiger partial charge in [-0.05, 0) is 28.1 Å². The smallest absolute Gasteiger partial charge is 0.107 e. The van der Waals surface area contributed by atoms with Gasteiger partial charge in [0.25, 0.3) is 0 Å². The first-order valence-corrected chi connectivity index (χ1v) is 5.98. The Balaban J connectivity index is 2.52. The number of aryl methyl sites for hydroxylation is 1. The summed E-state index contributed by atoms with van der Waals surface area (Å²) >= 11 is 9.37. The van der Waals surface area contributed by atoms with E-state index in [4.69, 9.17) is 17.3 Å². The number of aromatic nitrogens is 2. The third-order valence-corrected chi connectivity index (χ3v) is 3.50. The highest BCUT2D eigenvalue weighted by Crippen LogP contribution is 2.30. The van der Waals surface area contributed by atoms with Gasteiger partial charge in [0, 0.05) is 24.2 Å². The standard InChI is InChI=1S/C11H11BrClN3/c1-16-9(6-14)10(12)11(15-16)7-2-4-8(13)5-3-7/h2-5H,6,14H2,1H3. The fourth-order valence-electron chi connectivity index (χ4n) is 1.55. The molecular formula is C11H11BrClN3. The quantitative estimate of drug-likeness (QED) is 0.926. The molecule has 16 heavy (non-hydrogen) atoms. The molecule has 0 amide bonds. The lowest BCUT2D eigenvalue weighted by atomic mass is 10.1. The van der Waals surface area contributed by atoms with Crippen LogP contribution < -0.4 is 5.73 Å². The number of rotatable bonds is 2. The van der Waals surface area contributed by atoms with Gasteiger partial charge in [-0.15, -0.1) is 0 Å². The van der Waals surface area contributed by atoms with Crippen LogP contribution in [0.25, 0.3) is 11.3 Å². The van der Waals surface area contributed by atoms with Crippen LogP contribution in [0, 0.1) is 0 Å². The van der Waals surface area contributed by atoms with Gasteiger partial charge in [-0.1, -0.05) is 23.7 Å². The summed E-state index contributed by atoms with van der Waals surface area (Å²) in [5.74, 6) is 0. The van der Waals surface area contributed by atoms with Gasteiger partial charge in [0.1, 0.15) is 5.69 Å². The lowest BCUT2D eigenvalue weighted by Crippen LogP contribution is -2.04. The molecule has 0 fully saturated rings. The first-order chi connectivity index (χ1) is 7.63. The molecular weight excluding hydrogens is 289 g/mol. The molecule has 0 aliphatic rings. The fourth-order valence-corrected chi connectivity index (χ4v) is 2.40. The van der Waals surface area contributed by atoms with Gasteiger partial charge < -0.3 is 5.73 Å². The Morgan fingerprint density at radius 2 is 2.00 bits per heavy atom. The average molecular weight is 301 g/mol. The van der Waals surface area contributed by atoms with Crippen LogP contribution in [0.15, 0.2) is 28.7 Å². The van der Waals surface area contributed by atoms with Crippen molar-refractivity contribution in [2.24, 2.45) is 12.8 Å². The van der Waals surface area contributed by atoms with Gasteiger partial charge >= 0.3 is 0 Å². The number of benzene rings is 1. The predicted molar refractivity (Wildman–Crippen MR) is 69.2 cm³/mol. The van der Waals surface area contributed by atoms with Crippen LogP contribution in [0.1, 0.15) is 5.69 Å². The summed E-state index contributed by atoms with van der Waals surface area (Å²) in [6, 6.07) is 7.58. The molecule has 84 valence electrons. The van der Waals surface area contributed by atoms with E-state index in [1.807, 2.05) is 31.3 Å². The summed E-state index contributed by atoms with van der Waals surface area (Å²) in [5.41, 5.74) is 8.54. The normalized spacial score (nSPS) is 10.8. The molecule has 1 aromatic carbocycles. The first kappa shape index (κ1) is 11.6. The lowest BCUT2D eigenvalue weighted by Gasteiger charge is -1.98. The Hall–Kier alpha value is -0.840. The van der Waals surface area contributed by atoms with Gasteiger partial charge in [0.15, 0.2) is 0 Å². The van der Waals surface area contributed by atoms with Crippen molar-refractivity contribution in [2.45, 2.75) is 6.54 Å².